The maximum atomic E-state index is 13.5. The van der Waals surface area contributed by atoms with Crippen molar-refractivity contribution in [3.8, 4) is 0 Å². The van der Waals surface area contributed by atoms with Gasteiger partial charge in [-0.2, -0.15) is 0 Å². The van der Waals surface area contributed by atoms with Crippen LogP contribution in [0, 0.1) is 0 Å². The number of ether oxygens (including phenoxy) is 1. The molecule has 0 radical (unpaired) electrons. The lowest BCUT2D eigenvalue weighted by molar-refractivity contribution is -0.870. The number of amides is 1. The fraction of sp³-hybridized carbons (Fsp3) is 0.770. The second-order valence-electron chi connectivity index (χ2n) is 20.8. The zero-order valence-corrected chi connectivity index (χ0v) is 47.8. The van der Waals surface area contributed by atoms with E-state index in [0.717, 1.165) is 83.5 Å². The first kappa shape index (κ1) is 68.5. The summed E-state index contributed by atoms with van der Waals surface area (Å²) < 4.78 is 30.2. The maximum Gasteiger partial charge on any atom is 0.306 e. The molecule has 10 heteroatoms. The first-order chi connectivity index (χ1) is 34.4. The van der Waals surface area contributed by atoms with E-state index in [1.807, 2.05) is 33.3 Å². The molecule has 3 atom stereocenters. The van der Waals surface area contributed by atoms with Gasteiger partial charge in [0.25, 0.3) is 7.82 Å². The van der Waals surface area contributed by atoms with E-state index in [2.05, 4.69) is 86.8 Å². The Morgan fingerprint density at radius 1 is 0.493 bits per heavy atom. The summed E-state index contributed by atoms with van der Waals surface area (Å²) in [6.07, 6.45) is 64.3. The number of hydrogen-bond acceptors (Lipinski definition) is 7. The molecule has 0 spiro atoms. The Morgan fingerprint density at radius 3 is 1.32 bits per heavy atom. The first-order valence-electron chi connectivity index (χ1n) is 29.2. The Morgan fingerprint density at radius 2 is 0.859 bits per heavy atom. The average molecular weight is 1020 g/mol. The monoisotopic (exact) mass is 1010 g/mol. The second kappa shape index (κ2) is 51.0. The number of phosphoric ester groups is 1. The Hall–Kier alpha value is -2.55. The zero-order chi connectivity index (χ0) is 52.2. The molecule has 412 valence electrons. The Bertz CT molecular complexity index is 1450. The quantitative estimate of drug-likeness (QED) is 0.0212. The second-order valence-corrected chi connectivity index (χ2v) is 22.2. The van der Waals surface area contributed by atoms with E-state index in [4.69, 9.17) is 13.8 Å². The summed E-state index contributed by atoms with van der Waals surface area (Å²) in [4.78, 5) is 39.8. The number of phosphoric acid groups is 1. The molecule has 0 bridgehead atoms. The summed E-state index contributed by atoms with van der Waals surface area (Å²) in [5.74, 6) is -0.596. The van der Waals surface area contributed by atoms with Gasteiger partial charge in [-0.15, -0.1) is 0 Å². The minimum absolute atomic E-state index is 0.0325. The summed E-state index contributed by atoms with van der Waals surface area (Å²) >= 11 is 0. The van der Waals surface area contributed by atoms with E-state index in [-0.39, 0.29) is 31.3 Å². The van der Waals surface area contributed by atoms with E-state index in [0.29, 0.717) is 23.9 Å². The molecule has 3 unspecified atom stereocenters. The predicted molar refractivity (Wildman–Crippen MR) is 302 cm³/mol. The van der Waals surface area contributed by atoms with Crippen LogP contribution in [0.15, 0.2) is 72.9 Å². The molecular weight excluding hydrogens is 904 g/mol. The molecule has 0 heterocycles. The topological polar surface area (TPSA) is 114 Å². The van der Waals surface area contributed by atoms with Crippen molar-refractivity contribution in [3.05, 3.63) is 72.9 Å². The number of unbranched alkanes of at least 4 members (excludes halogenated alkanes) is 26. The Kier molecular flexibility index (Phi) is 49.1. The molecule has 0 aromatic heterocycles. The van der Waals surface area contributed by atoms with Crippen molar-refractivity contribution in [3.63, 3.8) is 0 Å². The number of nitrogens with one attached hydrogen (secondary N) is 1. The molecule has 71 heavy (non-hydrogen) atoms. The highest BCUT2D eigenvalue weighted by Gasteiger charge is 2.27. The van der Waals surface area contributed by atoms with Crippen molar-refractivity contribution in [2.75, 3.05) is 40.9 Å². The average Bonchev–Trinajstić information content (AvgIpc) is 3.33. The summed E-state index contributed by atoms with van der Waals surface area (Å²) in [7, 11) is 1.15. The van der Waals surface area contributed by atoms with Crippen LogP contribution in [0.1, 0.15) is 252 Å². The van der Waals surface area contributed by atoms with Crippen molar-refractivity contribution in [1.29, 1.82) is 0 Å². The Labute approximate surface area is 438 Å². The third-order valence-corrected chi connectivity index (χ3v) is 13.6. The van der Waals surface area contributed by atoms with Crippen LogP contribution >= 0.6 is 7.82 Å². The number of allylic oxidation sites excluding steroid dienone is 11. The SMILES string of the molecule is CCCCC/C=C\C/C=C\C/C=C\C/C=C\CCCCCC(=O)OC(/C=C\CCCCCCCCCCCCC)C(COP(=O)([O-])OCC[N+](C)(C)C)NC(=O)CCCCC/C=C\CCCCCCCC. The van der Waals surface area contributed by atoms with E-state index in [1.165, 1.54) is 122 Å². The molecule has 0 aliphatic rings. The van der Waals surface area contributed by atoms with Crippen molar-refractivity contribution in [2.24, 2.45) is 0 Å². The number of likely N-dealkylation sites (N-methyl/N-ethyl adjacent to an activating group) is 1. The van der Waals surface area contributed by atoms with Crippen LogP contribution in [0.5, 0.6) is 0 Å². The molecule has 0 fully saturated rings. The van der Waals surface area contributed by atoms with Crippen LogP contribution in [-0.2, 0) is 27.9 Å². The molecule has 0 aromatic carbocycles. The van der Waals surface area contributed by atoms with Crippen molar-refractivity contribution >= 4 is 19.7 Å². The minimum Gasteiger partial charge on any atom is -0.756 e. The van der Waals surface area contributed by atoms with Crippen LogP contribution in [-0.4, -0.2) is 69.4 Å². The van der Waals surface area contributed by atoms with E-state index >= 15 is 0 Å². The molecule has 0 aliphatic carbocycles. The van der Waals surface area contributed by atoms with E-state index in [1.54, 1.807) is 0 Å². The lowest BCUT2D eigenvalue weighted by atomic mass is 10.0. The van der Waals surface area contributed by atoms with Gasteiger partial charge in [0.05, 0.1) is 33.8 Å². The number of quaternary nitrogens is 1. The van der Waals surface area contributed by atoms with Crippen LogP contribution in [0.4, 0.5) is 0 Å². The summed E-state index contributed by atoms with van der Waals surface area (Å²) in [6.45, 7) is 6.77. The van der Waals surface area contributed by atoms with Gasteiger partial charge in [0.2, 0.25) is 5.91 Å². The van der Waals surface area contributed by atoms with Gasteiger partial charge >= 0.3 is 5.97 Å². The van der Waals surface area contributed by atoms with Gasteiger partial charge in [-0.05, 0) is 102 Å². The number of carbonyl (C=O) groups is 2. The van der Waals surface area contributed by atoms with E-state index in [9.17, 15) is 19.0 Å². The van der Waals surface area contributed by atoms with Gasteiger partial charge in [0.1, 0.15) is 19.3 Å². The zero-order valence-electron chi connectivity index (χ0n) is 46.9. The van der Waals surface area contributed by atoms with Gasteiger partial charge in [0, 0.05) is 12.8 Å². The Balaban J connectivity index is 5.43. The van der Waals surface area contributed by atoms with Crippen LogP contribution in [0.2, 0.25) is 0 Å². The highest BCUT2D eigenvalue weighted by Crippen LogP contribution is 2.38. The van der Waals surface area contributed by atoms with Gasteiger partial charge < -0.3 is 28.5 Å². The van der Waals surface area contributed by atoms with Crippen molar-refractivity contribution in [1.82, 2.24) is 5.32 Å². The molecule has 0 saturated carbocycles. The lowest BCUT2D eigenvalue weighted by Crippen LogP contribution is -2.47. The lowest BCUT2D eigenvalue weighted by Gasteiger charge is -2.30. The molecular formula is C61H111N2O7P. The van der Waals surface area contributed by atoms with Crippen molar-refractivity contribution in [2.45, 2.75) is 264 Å². The largest absolute Gasteiger partial charge is 0.756 e. The minimum atomic E-state index is -4.71. The molecule has 1 amide bonds. The third-order valence-electron chi connectivity index (χ3n) is 12.6. The van der Waals surface area contributed by atoms with E-state index < -0.39 is 26.6 Å². The third kappa shape index (κ3) is 52.1. The first-order valence-corrected chi connectivity index (χ1v) is 30.7. The number of esters is 1. The fourth-order valence-electron chi connectivity index (χ4n) is 8.03. The highest BCUT2D eigenvalue weighted by molar-refractivity contribution is 7.45. The van der Waals surface area contributed by atoms with Crippen LogP contribution in [0.25, 0.3) is 0 Å². The predicted octanol–water partition coefficient (Wildman–Crippen LogP) is 17.0. The summed E-state index contributed by atoms with van der Waals surface area (Å²) in [5, 5.41) is 3.00. The van der Waals surface area contributed by atoms with Crippen LogP contribution in [0.3, 0.4) is 0 Å². The van der Waals surface area contributed by atoms with Gasteiger partial charge in [0.15, 0.2) is 0 Å². The van der Waals surface area contributed by atoms with Gasteiger partial charge in [-0.3, -0.25) is 14.2 Å². The summed E-state index contributed by atoms with van der Waals surface area (Å²) in [5.41, 5.74) is 0. The number of nitrogens with zero attached hydrogens (tertiary/aromatic N) is 1. The normalized spacial score (nSPS) is 14.3. The number of hydrogen-bond donors (Lipinski definition) is 1. The smallest absolute Gasteiger partial charge is 0.306 e. The molecule has 0 rings (SSSR count). The van der Waals surface area contributed by atoms with Crippen molar-refractivity contribution < 1.29 is 37.3 Å². The van der Waals surface area contributed by atoms with Crippen LogP contribution < -0.4 is 10.2 Å². The highest BCUT2D eigenvalue weighted by atomic mass is 31.2. The molecule has 0 saturated heterocycles. The molecule has 1 N–H and O–H groups in total. The summed E-state index contributed by atoms with van der Waals surface area (Å²) in [6, 6.07) is -0.910. The van der Waals surface area contributed by atoms with Gasteiger partial charge in [-0.25, -0.2) is 0 Å². The maximum absolute atomic E-state index is 13.5. The molecule has 0 aliphatic heterocycles. The number of rotatable bonds is 52. The number of carbonyl (C=O) groups excluding carboxylic acids is 2. The molecule has 9 nitrogen and oxygen atoms in total. The molecule has 0 aromatic rings. The standard InChI is InChI=1S/C61H111N2O7P/c1-7-10-13-16-19-22-25-28-29-30-31-32-33-36-39-42-45-48-51-54-61(65)70-59(52-49-46-43-40-37-34-26-23-20-17-14-11-8-2)58(57-69-71(66,67)68-56-55-63(4,5)6)62-60(64)53-50-47-44-41-38-35-27-24-21-18-15-12-9-3/h19,22,28-29,31-32,35-36,38-39,49,52,58-59H,7-18,20-21,23-27,30,33-34,37,40-48,50-51,53-57H2,1-6H3,(H-,62,64,66,67)/b22-19-,29-28-,32-31-,38-35-,39-36-,52-49-. The van der Waals surface area contributed by atoms with Gasteiger partial charge in [-0.1, -0.05) is 210 Å². The fourth-order valence-corrected chi connectivity index (χ4v) is 8.75.